The first-order chi connectivity index (χ1) is 18.9. The molecule has 0 N–H and O–H groups in total. The Hall–Kier alpha value is -3.76. The van der Waals surface area contributed by atoms with Gasteiger partial charge in [-0.1, -0.05) is 0 Å². The third kappa shape index (κ3) is 13.4. The fourth-order valence-electron chi connectivity index (χ4n) is 2.71. The van der Waals surface area contributed by atoms with Crippen LogP contribution >= 0.6 is 0 Å². The van der Waals surface area contributed by atoms with Gasteiger partial charge in [-0.05, 0) is 6.92 Å². The molecule has 0 aliphatic carbocycles. The highest BCUT2D eigenvalue weighted by Crippen LogP contribution is 2.25. The number of alkyl halides is 3. The van der Waals surface area contributed by atoms with E-state index in [-0.39, 0.29) is 39.0 Å². The van der Waals surface area contributed by atoms with Gasteiger partial charge in [0.2, 0.25) is 11.6 Å². The maximum atomic E-state index is 11.6. The van der Waals surface area contributed by atoms with Crippen molar-refractivity contribution < 1.29 is 75.0 Å². The van der Waals surface area contributed by atoms with Crippen LogP contribution in [0.15, 0.2) is 35.5 Å². The highest BCUT2D eigenvalue weighted by Gasteiger charge is 2.37. The molecule has 13 nitrogen and oxygen atoms in total. The summed E-state index contributed by atoms with van der Waals surface area (Å²) in [6.45, 7) is 8.90. The van der Waals surface area contributed by atoms with Crippen molar-refractivity contribution in [2.45, 2.75) is 52.4 Å². The Labute approximate surface area is 233 Å². The maximum Gasteiger partial charge on any atom is 0.454 e. The standard InChI is InChI=1S/C10H14O5.C9H12O5.C6H5F3O3/c1-4-13-9(12)8(11)5-7-6-14-10(2,3)15-7;1-9(2)13-5-6(14-9)4-7(10)8(11)12-3;7-6(8,9)5(10)1-4-2-11-3-12-4/h5H,4,6H2,1-3H3;4H,5H2,1-3H3;1H,2-3H2. The molecule has 3 saturated heterocycles. The molecule has 41 heavy (non-hydrogen) atoms. The Morgan fingerprint density at radius 3 is 1.63 bits per heavy atom. The molecule has 0 radical (unpaired) electrons. The SMILES string of the molecule is CCOC(=O)C(=O)C=C1COC(C)(C)O1.COC(=O)C(=O)C=C1COC(C)(C)O1.O=C(C=C1COCO1)C(F)(F)F. The first kappa shape index (κ1) is 35.3. The van der Waals surface area contributed by atoms with Gasteiger partial charge < -0.3 is 37.9 Å². The van der Waals surface area contributed by atoms with Crippen molar-refractivity contribution >= 4 is 29.3 Å². The zero-order chi connectivity index (χ0) is 31.4. The van der Waals surface area contributed by atoms with Crippen LogP contribution in [0, 0.1) is 0 Å². The van der Waals surface area contributed by atoms with Crippen LogP contribution in [-0.4, -0.2) is 87.4 Å². The molecule has 0 bridgehead atoms. The Kier molecular flexibility index (Phi) is 13.2. The summed E-state index contributed by atoms with van der Waals surface area (Å²) in [7, 11) is 1.15. The van der Waals surface area contributed by atoms with Gasteiger partial charge in [0.1, 0.15) is 37.1 Å². The quantitative estimate of drug-likeness (QED) is 0.250. The molecule has 16 heteroatoms. The lowest BCUT2D eigenvalue weighted by atomic mass is 10.3. The van der Waals surface area contributed by atoms with Crippen molar-refractivity contribution in [1.82, 2.24) is 0 Å². The van der Waals surface area contributed by atoms with Gasteiger partial charge in [0.25, 0.3) is 17.3 Å². The van der Waals surface area contributed by atoms with E-state index in [0.717, 1.165) is 19.3 Å². The van der Waals surface area contributed by atoms with Gasteiger partial charge in [0.15, 0.2) is 6.79 Å². The van der Waals surface area contributed by atoms with Crippen LogP contribution in [0.4, 0.5) is 13.2 Å². The van der Waals surface area contributed by atoms with Gasteiger partial charge in [-0.2, -0.15) is 13.2 Å². The summed E-state index contributed by atoms with van der Waals surface area (Å²) in [5.74, 6) is -6.06. The molecule has 0 amide bonds. The Bertz CT molecular complexity index is 1080. The summed E-state index contributed by atoms with van der Waals surface area (Å²) in [6.07, 6.45) is -2.25. The minimum absolute atomic E-state index is 0.0815. The van der Waals surface area contributed by atoms with Crippen molar-refractivity contribution in [2.75, 3.05) is 40.3 Å². The smallest absolute Gasteiger partial charge is 0.454 e. The van der Waals surface area contributed by atoms with E-state index >= 15 is 0 Å². The third-order valence-electron chi connectivity index (χ3n) is 4.47. The zero-order valence-corrected chi connectivity index (χ0v) is 23.2. The highest BCUT2D eigenvalue weighted by molar-refractivity contribution is 6.38. The fourth-order valence-corrected chi connectivity index (χ4v) is 2.71. The normalized spacial score (nSPS) is 21.3. The highest BCUT2D eigenvalue weighted by atomic mass is 19.4. The van der Waals surface area contributed by atoms with E-state index < -0.39 is 47.0 Å². The van der Waals surface area contributed by atoms with E-state index in [1.165, 1.54) is 0 Å². The molecule has 3 heterocycles. The maximum absolute atomic E-state index is 11.6. The number of hydrogen-bond donors (Lipinski definition) is 0. The second-order valence-electron chi connectivity index (χ2n) is 8.83. The molecule has 3 fully saturated rings. The molecule has 0 unspecified atom stereocenters. The van der Waals surface area contributed by atoms with Gasteiger partial charge in [-0.25, -0.2) is 9.59 Å². The molecule has 3 rings (SSSR count). The molecule has 0 atom stereocenters. The number of carbonyl (C=O) groups is 5. The number of halogens is 3. The Morgan fingerprint density at radius 2 is 1.29 bits per heavy atom. The van der Waals surface area contributed by atoms with E-state index in [2.05, 4.69) is 18.9 Å². The third-order valence-corrected chi connectivity index (χ3v) is 4.47. The number of rotatable bonds is 6. The number of hydrogen-bond acceptors (Lipinski definition) is 13. The van der Waals surface area contributed by atoms with Gasteiger partial charge in [-0.3, -0.25) is 14.4 Å². The molecule has 0 aromatic carbocycles. The number of ether oxygens (including phenoxy) is 8. The molecule has 3 aliphatic rings. The second-order valence-corrected chi connectivity index (χ2v) is 8.83. The first-order valence-corrected chi connectivity index (χ1v) is 11.8. The van der Waals surface area contributed by atoms with Crippen molar-refractivity contribution in [3.05, 3.63) is 35.5 Å². The average Bonchev–Trinajstić information content (AvgIpc) is 3.59. The molecular weight excluding hydrogens is 565 g/mol. The molecule has 3 aliphatic heterocycles. The number of ketones is 3. The van der Waals surface area contributed by atoms with Gasteiger partial charge in [-0.15, -0.1) is 0 Å². The summed E-state index contributed by atoms with van der Waals surface area (Å²) in [6, 6.07) is 0. The number of methoxy groups -OCH3 is 1. The minimum atomic E-state index is -4.83. The number of carbonyl (C=O) groups excluding carboxylic acids is 5. The molecular formula is C25H31F3O13. The lowest BCUT2D eigenvalue weighted by Crippen LogP contribution is -2.20. The zero-order valence-electron chi connectivity index (χ0n) is 23.2. The first-order valence-electron chi connectivity index (χ1n) is 11.8. The van der Waals surface area contributed by atoms with Crippen LogP contribution in [-0.2, 0) is 61.9 Å². The van der Waals surface area contributed by atoms with Crippen LogP contribution in [0.5, 0.6) is 0 Å². The molecule has 0 aromatic heterocycles. The number of allylic oxidation sites excluding steroid dienone is 1. The lowest BCUT2D eigenvalue weighted by molar-refractivity contribution is -0.165. The van der Waals surface area contributed by atoms with Crippen LogP contribution in [0.25, 0.3) is 0 Å². The van der Waals surface area contributed by atoms with E-state index in [1.807, 2.05) is 0 Å². The monoisotopic (exact) mass is 596 g/mol. The summed E-state index contributed by atoms with van der Waals surface area (Å²) in [4.78, 5) is 54.3. The van der Waals surface area contributed by atoms with Gasteiger partial charge >= 0.3 is 18.1 Å². The van der Waals surface area contributed by atoms with Crippen molar-refractivity contribution in [3.63, 3.8) is 0 Å². The van der Waals surface area contributed by atoms with Crippen molar-refractivity contribution in [3.8, 4) is 0 Å². The average molecular weight is 597 g/mol. The predicted molar refractivity (Wildman–Crippen MR) is 128 cm³/mol. The summed E-state index contributed by atoms with van der Waals surface area (Å²) < 4.78 is 73.6. The molecule has 230 valence electrons. The van der Waals surface area contributed by atoms with E-state index in [4.69, 9.17) is 18.9 Å². The second kappa shape index (κ2) is 15.3. The topological polar surface area (TPSA) is 159 Å². The van der Waals surface area contributed by atoms with E-state index in [0.29, 0.717) is 17.6 Å². The van der Waals surface area contributed by atoms with Gasteiger partial charge in [0, 0.05) is 45.9 Å². The number of esters is 2. The molecule has 0 saturated carbocycles. The predicted octanol–water partition coefficient (Wildman–Crippen LogP) is 2.19. The summed E-state index contributed by atoms with van der Waals surface area (Å²) in [5, 5.41) is 0. The molecule has 0 spiro atoms. The van der Waals surface area contributed by atoms with Crippen LogP contribution < -0.4 is 0 Å². The van der Waals surface area contributed by atoms with Crippen LogP contribution in [0.3, 0.4) is 0 Å². The van der Waals surface area contributed by atoms with Crippen molar-refractivity contribution in [2.24, 2.45) is 0 Å². The lowest BCUT2D eigenvalue weighted by Gasteiger charge is -2.15. The van der Waals surface area contributed by atoms with Crippen molar-refractivity contribution in [1.29, 1.82) is 0 Å². The van der Waals surface area contributed by atoms with E-state index in [1.54, 1.807) is 34.6 Å². The summed E-state index contributed by atoms with van der Waals surface area (Å²) >= 11 is 0. The van der Waals surface area contributed by atoms with Crippen LogP contribution in [0.2, 0.25) is 0 Å². The van der Waals surface area contributed by atoms with Crippen LogP contribution in [0.1, 0.15) is 34.6 Å². The Balaban J connectivity index is 0.000000309. The Morgan fingerprint density at radius 1 is 0.805 bits per heavy atom. The van der Waals surface area contributed by atoms with Gasteiger partial charge in [0.05, 0.1) is 13.7 Å². The van der Waals surface area contributed by atoms with E-state index in [9.17, 15) is 37.1 Å². The minimum Gasteiger partial charge on any atom is -0.469 e. The fraction of sp³-hybridized carbons (Fsp3) is 0.560. The largest absolute Gasteiger partial charge is 0.469 e. The molecule has 0 aromatic rings. The summed E-state index contributed by atoms with van der Waals surface area (Å²) in [5.41, 5.74) is 0.